The van der Waals surface area contributed by atoms with Gasteiger partial charge in [-0.2, -0.15) is 4.98 Å². The fourth-order valence-electron chi connectivity index (χ4n) is 2.90. The third-order valence-corrected chi connectivity index (χ3v) is 3.88. The molecule has 1 aliphatic heterocycles. The first-order valence-corrected chi connectivity index (χ1v) is 7.51. The van der Waals surface area contributed by atoms with E-state index >= 15 is 0 Å². The number of aromatic nitrogens is 2. The van der Waals surface area contributed by atoms with Crippen molar-refractivity contribution >= 4 is 0 Å². The molecule has 0 aliphatic carbocycles. The summed E-state index contributed by atoms with van der Waals surface area (Å²) in [7, 11) is 0. The summed E-state index contributed by atoms with van der Waals surface area (Å²) >= 11 is 0. The Morgan fingerprint density at radius 2 is 2.10 bits per heavy atom. The first kappa shape index (κ1) is 13.3. The molecular weight excluding hydrogens is 250 g/mol. The van der Waals surface area contributed by atoms with Gasteiger partial charge in [-0.25, -0.2) is 0 Å². The maximum atomic E-state index is 5.53. The molecule has 0 amide bonds. The van der Waals surface area contributed by atoms with Crippen molar-refractivity contribution in [2.24, 2.45) is 0 Å². The maximum Gasteiger partial charge on any atom is 0.244 e. The van der Waals surface area contributed by atoms with Crippen LogP contribution in [0.4, 0.5) is 0 Å². The van der Waals surface area contributed by atoms with E-state index in [1.54, 1.807) is 0 Å². The molecule has 20 heavy (non-hydrogen) atoms. The van der Waals surface area contributed by atoms with Crippen LogP contribution in [0.5, 0.6) is 0 Å². The molecule has 0 saturated carbocycles. The van der Waals surface area contributed by atoms with Crippen LogP contribution in [0.2, 0.25) is 0 Å². The van der Waals surface area contributed by atoms with Crippen molar-refractivity contribution in [3.05, 3.63) is 36.2 Å². The van der Waals surface area contributed by atoms with Gasteiger partial charge in [0.1, 0.15) is 0 Å². The summed E-state index contributed by atoms with van der Waals surface area (Å²) in [5, 5.41) is 4.14. The first-order valence-electron chi connectivity index (χ1n) is 7.51. The number of piperidine rings is 1. The predicted molar refractivity (Wildman–Crippen MR) is 78.2 cm³/mol. The Hall–Kier alpha value is -1.68. The molecule has 4 heteroatoms. The lowest BCUT2D eigenvalue weighted by molar-refractivity contribution is 0.119. The van der Waals surface area contributed by atoms with E-state index in [2.05, 4.69) is 22.0 Å². The van der Waals surface area contributed by atoms with Gasteiger partial charge in [0.05, 0.1) is 6.04 Å². The first-order chi connectivity index (χ1) is 9.88. The second kappa shape index (κ2) is 6.18. The molecule has 1 atom stereocenters. The van der Waals surface area contributed by atoms with Crippen LogP contribution in [0.25, 0.3) is 11.4 Å². The van der Waals surface area contributed by atoms with E-state index in [1.165, 1.54) is 12.8 Å². The van der Waals surface area contributed by atoms with Crippen LogP contribution in [0, 0.1) is 0 Å². The van der Waals surface area contributed by atoms with E-state index < -0.39 is 0 Å². The zero-order valence-electron chi connectivity index (χ0n) is 12.0. The van der Waals surface area contributed by atoms with Gasteiger partial charge < -0.3 is 4.52 Å². The van der Waals surface area contributed by atoms with Crippen LogP contribution in [0.15, 0.2) is 34.9 Å². The van der Waals surface area contributed by atoms with Gasteiger partial charge in [-0.1, -0.05) is 48.8 Å². The largest absolute Gasteiger partial charge is 0.337 e. The van der Waals surface area contributed by atoms with Gasteiger partial charge in [0.25, 0.3) is 0 Å². The highest BCUT2D eigenvalue weighted by Gasteiger charge is 2.28. The molecule has 0 radical (unpaired) electrons. The Kier molecular flexibility index (Phi) is 4.11. The summed E-state index contributed by atoms with van der Waals surface area (Å²) in [5.41, 5.74) is 1.01. The van der Waals surface area contributed by atoms with Crippen molar-refractivity contribution in [3.8, 4) is 11.4 Å². The fraction of sp³-hybridized carbons (Fsp3) is 0.500. The summed E-state index contributed by atoms with van der Waals surface area (Å²) in [6, 6.07) is 10.3. The highest BCUT2D eigenvalue weighted by atomic mass is 16.5. The highest BCUT2D eigenvalue weighted by molar-refractivity contribution is 5.53. The average molecular weight is 271 g/mol. The van der Waals surface area contributed by atoms with Gasteiger partial charge in [0, 0.05) is 5.56 Å². The molecule has 1 aromatic carbocycles. The number of likely N-dealkylation sites (tertiary alicyclic amines) is 1. The van der Waals surface area contributed by atoms with Gasteiger partial charge >= 0.3 is 0 Å². The smallest absolute Gasteiger partial charge is 0.244 e. The molecule has 2 heterocycles. The molecular formula is C16H21N3O. The molecule has 1 fully saturated rings. The molecule has 1 aliphatic rings. The molecule has 1 aromatic heterocycles. The van der Waals surface area contributed by atoms with Crippen molar-refractivity contribution in [1.82, 2.24) is 15.0 Å². The van der Waals surface area contributed by atoms with Crippen molar-refractivity contribution in [1.29, 1.82) is 0 Å². The second-order valence-corrected chi connectivity index (χ2v) is 5.37. The van der Waals surface area contributed by atoms with Crippen LogP contribution >= 0.6 is 0 Å². The van der Waals surface area contributed by atoms with Crippen molar-refractivity contribution in [3.63, 3.8) is 0 Å². The zero-order chi connectivity index (χ0) is 13.8. The minimum absolute atomic E-state index is 0.300. The van der Waals surface area contributed by atoms with Crippen molar-refractivity contribution in [2.75, 3.05) is 13.1 Å². The Labute approximate surface area is 119 Å². The second-order valence-electron chi connectivity index (χ2n) is 5.37. The molecule has 0 bridgehead atoms. The minimum atomic E-state index is 0.300. The van der Waals surface area contributed by atoms with Crippen LogP contribution in [-0.2, 0) is 0 Å². The standard InChI is InChI=1S/C16H21N3O/c1-2-11-19-12-7-6-10-14(19)16-17-15(18-20-16)13-8-4-3-5-9-13/h3-5,8-9,14H,2,6-7,10-12H2,1H3/t14-/m1/s1. The Bertz CT molecular complexity index is 536. The zero-order valence-corrected chi connectivity index (χ0v) is 12.0. The number of benzene rings is 1. The van der Waals surface area contributed by atoms with Crippen molar-refractivity contribution in [2.45, 2.75) is 38.6 Å². The quantitative estimate of drug-likeness (QED) is 0.850. The van der Waals surface area contributed by atoms with Crippen LogP contribution < -0.4 is 0 Å². The normalized spacial score (nSPS) is 20.1. The number of hydrogen-bond donors (Lipinski definition) is 0. The summed E-state index contributed by atoms with van der Waals surface area (Å²) in [6.07, 6.45) is 4.80. The minimum Gasteiger partial charge on any atom is -0.337 e. The lowest BCUT2D eigenvalue weighted by Crippen LogP contribution is -2.34. The SMILES string of the molecule is CCCN1CCCC[C@@H]1c1nc(-c2ccccc2)no1. The number of hydrogen-bond acceptors (Lipinski definition) is 4. The Morgan fingerprint density at radius 3 is 2.90 bits per heavy atom. The van der Waals surface area contributed by atoms with Gasteiger partial charge in [-0.15, -0.1) is 0 Å². The summed E-state index contributed by atoms with van der Waals surface area (Å²) < 4.78 is 5.53. The van der Waals surface area contributed by atoms with E-state index in [0.29, 0.717) is 11.9 Å². The molecule has 1 saturated heterocycles. The molecule has 0 N–H and O–H groups in total. The molecule has 3 rings (SSSR count). The monoisotopic (exact) mass is 271 g/mol. The lowest BCUT2D eigenvalue weighted by Gasteiger charge is -2.32. The van der Waals surface area contributed by atoms with Crippen molar-refractivity contribution < 1.29 is 4.52 Å². The van der Waals surface area contributed by atoms with E-state index in [9.17, 15) is 0 Å². The average Bonchev–Trinajstić information content (AvgIpc) is 2.99. The van der Waals surface area contributed by atoms with Gasteiger partial charge in [0.15, 0.2) is 0 Å². The van der Waals surface area contributed by atoms with Crippen LogP contribution in [-0.4, -0.2) is 28.1 Å². The Balaban J connectivity index is 1.81. The third-order valence-electron chi connectivity index (χ3n) is 3.88. The van der Waals surface area contributed by atoms with Gasteiger partial charge in [-0.3, -0.25) is 4.90 Å². The molecule has 2 aromatic rings. The van der Waals surface area contributed by atoms with E-state index in [1.807, 2.05) is 30.3 Å². The number of rotatable bonds is 4. The lowest BCUT2D eigenvalue weighted by atomic mass is 10.0. The summed E-state index contributed by atoms with van der Waals surface area (Å²) in [6.45, 7) is 4.46. The Morgan fingerprint density at radius 1 is 1.25 bits per heavy atom. The van der Waals surface area contributed by atoms with Crippen LogP contribution in [0.3, 0.4) is 0 Å². The topological polar surface area (TPSA) is 42.2 Å². The van der Waals surface area contributed by atoms with E-state index in [-0.39, 0.29) is 0 Å². The maximum absolute atomic E-state index is 5.53. The molecule has 0 unspecified atom stereocenters. The molecule has 4 nitrogen and oxygen atoms in total. The third kappa shape index (κ3) is 2.75. The summed E-state index contributed by atoms with van der Waals surface area (Å²) in [5.74, 6) is 1.47. The molecule has 106 valence electrons. The summed E-state index contributed by atoms with van der Waals surface area (Å²) in [4.78, 5) is 7.10. The van der Waals surface area contributed by atoms with E-state index in [0.717, 1.165) is 37.4 Å². The fourth-order valence-corrected chi connectivity index (χ4v) is 2.90. The van der Waals surface area contributed by atoms with Crippen LogP contribution in [0.1, 0.15) is 44.5 Å². The van der Waals surface area contributed by atoms with E-state index in [4.69, 9.17) is 4.52 Å². The highest BCUT2D eigenvalue weighted by Crippen LogP contribution is 2.30. The molecule has 0 spiro atoms. The van der Waals surface area contributed by atoms with Gasteiger partial charge in [-0.05, 0) is 32.4 Å². The number of nitrogens with zero attached hydrogens (tertiary/aromatic N) is 3. The van der Waals surface area contributed by atoms with Gasteiger partial charge in [0.2, 0.25) is 11.7 Å². The predicted octanol–water partition coefficient (Wildman–Crippen LogP) is 3.67.